The topological polar surface area (TPSA) is 127 Å². The van der Waals surface area contributed by atoms with Crippen LogP contribution >= 0.6 is 0 Å². The van der Waals surface area contributed by atoms with Crippen LogP contribution in [0, 0.1) is 10.1 Å². The van der Waals surface area contributed by atoms with E-state index in [9.17, 15) is 19.7 Å². The minimum absolute atomic E-state index is 0.00162. The molecule has 21 heavy (non-hydrogen) atoms. The molecular weight excluding hydrogens is 276 g/mol. The fourth-order valence-electron chi connectivity index (χ4n) is 1.85. The molecule has 8 nitrogen and oxygen atoms in total. The number of hydrogen-bond acceptors (Lipinski definition) is 5. The molecule has 0 aliphatic heterocycles. The number of anilines is 1. The summed E-state index contributed by atoms with van der Waals surface area (Å²) in [6, 6.07) is 4.50. The standard InChI is InChI=1S/C13H18N4O4/c1-15-10-6-4-5-9(12(10)17(20)21)13(19)16-8-3-2-7-11(14)18/h4-6,15H,2-3,7-8H2,1H3,(H2,14,18)(H,16,19). The van der Waals surface area contributed by atoms with Gasteiger partial charge in [0.1, 0.15) is 11.3 Å². The number of para-hydroxylation sites is 1. The highest BCUT2D eigenvalue weighted by Gasteiger charge is 2.23. The van der Waals surface area contributed by atoms with Crippen LogP contribution in [0.15, 0.2) is 18.2 Å². The summed E-state index contributed by atoms with van der Waals surface area (Å²) >= 11 is 0. The Morgan fingerprint density at radius 2 is 2.05 bits per heavy atom. The van der Waals surface area contributed by atoms with Gasteiger partial charge >= 0.3 is 5.69 Å². The molecule has 1 aromatic rings. The number of hydrogen-bond donors (Lipinski definition) is 3. The molecule has 4 N–H and O–H groups in total. The summed E-state index contributed by atoms with van der Waals surface area (Å²) in [6.45, 7) is 0.326. The van der Waals surface area contributed by atoms with Crippen molar-refractivity contribution in [3.63, 3.8) is 0 Å². The van der Waals surface area contributed by atoms with Crippen molar-refractivity contribution in [3.8, 4) is 0 Å². The molecule has 0 radical (unpaired) electrons. The SMILES string of the molecule is CNc1cccc(C(=O)NCCCCC(N)=O)c1[N+](=O)[O-]. The van der Waals surface area contributed by atoms with Crippen molar-refractivity contribution in [2.45, 2.75) is 19.3 Å². The smallest absolute Gasteiger partial charge is 0.305 e. The number of nitrogens with one attached hydrogen (secondary N) is 2. The lowest BCUT2D eigenvalue weighted by Gasteiger charge is -2.08. The zero-order valence-corrected chi connectivity index (χ0v) is 11.7. The van der Waals surface area contributed by atoms with Crippen LogP contribution in [-0.4, -0.2) is 30.3 Å². The van der Waals surface area contributed by atoms with E-state index >= 15 is 0 Å². The van der Waals surface area contributed by atoms with Gasteiger partial charge in [-0.1, -0.05) is 6.07 Å². The highest BCUT2D eigenvalue weighted by molar-refractivity contribution is 6.00. The zero-order valence-electron chi connectivity index (χ0n) is 11.7. The number of nitro groups is 1. The maximum Gasteiger partial charge on any atom is 0.305 e. The fraction of sp³-hybridized carbons (Fsp3) is 0.385. The molecule has 0 aromatic heterocycles. The predicted octanol–water partition coefficient (Wildman–Crippen LogP) is 1.02. The first kappa shape index (κ1) is 16.4. The first-order valence-corrected chi connectivity index (χ1v) is 6.49. The molecule has 1 aromatic carbocycles. The molecule has 0 fully saturated rings. The van der Waals surface area contributed by atoms with Crippen molar-refractivity contribution >= 4 is 23.2 Å². The Hall–Kier alpha value is -2.64. The summed E-state index contributed by atoms with van der Waals surface area (Å²) in [6.07, 6.45) is 1.40. The molecule has 0 atom stereocenters. The van der Waals surface area contributed by atoms with Gasteiger partial charge in [-0.3, -0.25) is 19.7 Å². The summed E-state index contributed by atoms with van der Waals surface area (Å²) in [7, 11) is 1.55. The number of amides is 2. The number of nitrogens with two attached hydrogens (primary N) is 1. The number of rotatable bonds is 8. The normalized spacial score (nSPS) is 9.95. The van der Waals surface area contributed by atoms with Crippen molar-refractivity contribution in [1.29, 1.82) is 0 Å². The number of primary amides is 1. The summed E-state index contributed by atoms with van der Waals surface area (Å²) in [4.78, 5) is 33.1. The van der Waals surface area contributed by atoms with Gasteiger partial charge in [0.15, 0.2) is 0 Å². The third-order valence-electron chi connectivity index (χ3n) is 2.87. The van der Waals surface area contributed by atoms with E-state index in [2.05, 4.69) is 10.6 Å². The third-order valence-corrected chi connectivity index (χ3v) is 2.87. The van der Waals surface area contributed by atoms with Gasteiger partial charge < -0.3 is 16.4 Å². The van der Waals surface area contributed by atoms with E-state index in [0.29, 0.717) is 19.4 Å². The Morgan fingerprint density at radius 1 is 1.33 bits per heavy atom. The molecule has 0 saturated carbocycles. The van der Waals surface area contributed by atoms with Gasteiger partial charge in [-0.2, -0.15) is 0 Å². The van der Waals surface area contributed by atoms with Crippen molar-refractivity contribution < 1.29 is 14.5 Å². The van der Waals surface area contributed by atoms with E-state index in [0.717, 1.165) is 0 Å². The summed E-state index contributed by atoms with van der Waals surface area (Å²) < 4.78 is 0. The monoisotopic (exact) mass is 294 g/mol. The van der Waals surface area contributed by atoms with Gasteiger partial charge in [0.2, 0.25) is 5.91 Å². The predicted molar refractivity (Wildman–Crippen MR) is 78.0 cm³/mol. The molecular formula is C13H18N4O4. The minimum Gasteiger partial charge on any atom is -0.383 e. The minimum atomic E-state index is -0.589. The molecule has 0 aliphatic rings. The highest BCUT2D eigenvalue weighted by Crippen LogP contribution is 2.28. The Kier molecular flexibility index (Phi) is 6.12. The Balaban J connectivity index is 2.70. The van der Waals surface area contributed by atoms with Gasteiger partial charge in [0.05, 0.1) is 4.92 Å². The zero-order chi connectivity index (χ0) is 15.8. The lowest BCUT2D eigenvalue weighted by molar-refractivity contribution is -0.384. The Bertz CT molecular complexity index is 545. The number of carbonyl (C=O) groups is 2. The molecule has 2 amide bonds. The average Bonchev–Trinajstić information content (AvgIpc) is 2.45. The Labute approximate surface area is 121 Å². The van der Waals surface area contributed by atoms with Gasteiger partial charge in [-0.25, -0.2) is 0 Å². The lowest BCUT2D eigenvalue weighted by atomic mass is 10.1. The van der Waals surface area contributed by atoms with Gasteiger partial charge in [-0.15, -0.1) is 0 Å². The van der Waals surface area contributed by atoms with Gasteiger partial charge in [-0.05, 0) is 25.0 Å². The van der Waals surface area contributed by atoms with Crippen LogP contribution in [-0.2, 0) is 4.79 Å². The van der Waals surface area contributed by atoms with Crippen molar-refractivity contribution in [3.05, 3.63) is 33.9 Å². The molecule has 0 aliphatic carbocycles. The molecule has 1 rings (SSSR count). The van der Waals surface area contributed by atoms with Crippen LogP contribution in [0.1, 0.15) is 29.6 Å². The van der Waals surface area contributed by atoms with Crippen LogP contribution in [0.4, 0.5) is 11.4 Å². The second-order valence-corrected chi connectivity index (χ2v) is 4.39. The van der Waals surface area contributed by atoms with E-state index in [-0.39, 0.29) is 23.4 Å². The highest BCUT2D eigenvalue weighted by atomic mass is 16.6. The van der Waals surface area contributed by atoms with E-state index in [4.69, 9.17) is 5.73 Å². The molecule has 8 heteroatoms. The third kappa shape index (κ3) is 4.75. The quantitative estimate of drug-likeness (QED) is 0.375. The van der Waals surface area contributed by atoms with E-state index in [1.807, 2.05) is 0 Å². The van der Waals surface area contributed by atoms with Gasteiger partial charge in [0.25, 0.3) is 5.91 Å². The maximum atomic E-state index is 12.0. The van der Waals surface area contributed by atoms with Crippen LogP contribution < -0.4 is 16.4 Å². The van der Waals surface area contributed by atoms with Gasteiger partial charge in [0, 0.05) is 20.0 Å². The van der Waals surface area contributed by atoms with Crippen LogP contribution in [0.25, 0.3) is 0 Å². The van der Waals surface area contributed by atoms with E-state index < -0.39 is 16.7 Å². The summed E-state index contributed by atoms with van der Waals surface area (Å²) in [5.41, 5.74) is 5.03. The number of benzene rings is 1. The Morgan fingerprint density at radius 3 is 2.62 bits per heavy atom. The largest absolute Gasteiger partial charge is 0.383 e. The second kappa shape index (κ2) is 7.83. The van der Waals surface area contributed by atoms with Crippen molar-refractivity contribution in [2.75, 3.05) is 18.9 Å². The van der Waals surface area contributed by atoms with Crippen LogP contribution in [0.2, 0.25) is 0 Å². The molecule has 0 bridgehead atoms. The molecule has 0 heterocycles. The maximum absolute atomic E-state index is 12.0. The number of carbonyl (C=O) groups excluding carboxylic acids is 2. The average molecular weight is 294 g/mol. The molecule has 0 unspecified atom stereocenters. The van der Waals surface area contributed by atoms with Crippen molar-refractivity contribution in [1.82, 2.24) is 5.32 Å². The summed E-state index contributed by atoms with van der Waals surface area (Å²) in [5, 5.41) is 16.4. The lowest BCUT2D eigenvalue weighted by Crippen LogP contribution is -2.25. The van der Waals surface area contributed by atoms with Crippen molar-refractivity contribution in [2.24, 2.45) is 5.73 Å². The van der Waals surface area contributed by atoms with E-state index in [1.54, 1.807) is 13.1 Å². The number of nitro benzene ring substituents is 1. The van der Waals surface area contributed by atoms with E-state index in [1.165, 1.54) is 12.1 Å². The first-order valence-electron chi connectivity index (χ1n) is 6.49. The summed E-state index contributed by atoms with van der Waals surface area (Å²) in [5.74, 6) is -0.906. The van der Waals surface area contributed by atoms with Crippen LogP contribution in [0.5, 0.6) is 0 Å². The molecule has 0 saturated heterocycles. The fourth-order valence-corrected chi connectivity index (χ4v) is 1.85. The second-order valence-electron chi connectivity index (χ2n) is 4.39. The first-order chi connectivity index (χ1) is 9.97. The molecule has 114 valence electrons. The molecule has 0 spiro atoms. The number of nitrogens with zero attached hydrogens (tertiary/aromatic N) is 1. The van der Waals surface area contributed by atoms with Crippen LogP contribution in [0.3, 0.4) is 0 Å². The number of unbranched alkanes of at least 4 members (excludes halogenated alkanes) is 1.